The summed E-state index contributed by atoms with van der Waals surface area (Å²) < 4.78 is 13.0. The SMILES string of the molecule is COc1ccc(OCCSc2nnc(-c3ccncc3)n2-c2ccc(Cl)cc2)cc1. The highest BCUT2D eigenvalue weighted by Gasteiger charge is 2.16. The molecule has 0 radical (unpaired) electrons. The molecule has 30 heavy (non-hydrogen) atoms. The molecule has 0 fully saturated rings. The molecule has 2 aromatic carbocycles. The van der Waals surface area contributed by atoms with Crippen LogP contribution in [-0.4, -0.2) is 39.2 Å². The predicted octanol–water partition coefficient (Wildman–Crippen LogP) is 5.16. The van der Waals surface area contributed by atoms with Crippen LogP contribution in [0.5, 0.6) is 11.5 Å². The molecule has 6 nitrogen and oxygen atoms in total. The van der Waals surface area contributed by atoms with Gasteiger partial charge in [0.05, 0.1) is 13.7 Å². The number of rotatable bonds is 8. The third kappa shape index (κ3) is 4.75. The van der Waals surface area contributed by atoms with Crippen LogP contribution in [0, 0.1) is 0 Å². The van der Waals surface area contributed by atoms with Gasteiger partial charge in [-0.2, -0.15) is 0 Å². The number of nitrogens with zero attached hydrogens (tertiary/aromatic N) is 4. The number of hydrogen-bond donors (Lipinski definition) is 0. The van der Waals surface area contributed by atoms with Crippen molar-refractivity contribution in [3.8, 4) is 28.6 Å². The fraction of sp³-hybridized carbons (Fsp3) is 0.136. The van der Waals surface area contributed by atoms with Crippen LogP contribution < -0.4 is 9.47 Å². The lowest BCUT2D eigenvalue weighted by molar-refractivity contribution is 0.342. The number of aromatic nitrogens is 4. The molecule has 0 aliphatic rings. The Balaban J connectivity index is 1.51. The molecule has 0 atom stereocenters. The summed E-state index contributed by atoms with van der Waals surface area (Å²) in [6, 6.07) is 19.0. The molecule has 0 saturated heterocycles. The monoisotopic (exact) mass is 438 g/mol. The summed E-state index contributed by atoms with van der Waals surface area (Å²) >= 11 is 7.65. The maximum Gasteiger partial charge on any atom is 0.196 e. The zero-order valence-electron chi connectivity index (χ0n) is 16.2. The summed E-state index contributed by atoms with van der Waals surface area (Å²) in [6.07, 6.45) is 3.48. The smallest absolute Gasteiger partial charge is 0.196 e. The van der Waals surface area contributed by atoms with Crippen LogP contribution in [0.2, 0.25) is 5.02 Å². The van der Waals surface area contributed by atoms with Crippen LogP contribution >= 0.6 is 23.4 Å². The number of ether oxygens (including phenoxy) is 2. The molecule has 0 amide bonds. The topological polar surface area (TPSA) is 62.1 Å². The van der Waals surface area contributed by atoms with E-state index < -0.39 is 0 Å². The van der Waals surface area contributed by atoms with E-state index in [1.54, 1.807) is 31.3 Å². The first-order valence-corrected chi connectivity index (χ1v) is 10.6. The van der Waals surface area contributed by atoms with Crippen molar-refractivity contribution in [2.75, 3.05) is 19.5 Å². The quantitative estimate of drug-likeness (QED) is 0.279. The molecule has 8 heteroatoms. The third-order valence-electron chi connectivity index (χ3n) is 4.30. The van der Waals surface area contributed by atoms with Gasteiger partial charge in [-0.05, 0) is 60.7 Å². The van der Waals surface area contributed by atoms with E-state index in [4.69, 9.17) is 21.1 Å². The summed E-state index contributed by atoms with van der Waals surface area (Å²) in [5.41, 5.74) is 1.88. The van der Waals surface area contributed by atoms with Crippen LogP contribution in [0.4, 0.5) is 0 Å². The lowest BCUT2D eigenvalue weighted by Gasteiger charge is -2.11. The van der Waals surface area contributed by atoms with E-state index in [9.17, 15) is 0 Å². The Kier molecular flexibility index (Phi) is 6.51. The van der Waals surface area contributed by atoms with Gasteiger partial charge in [-0.3, -0.25) is 9.55 Å². The van der Waals surface area contributed by atoms with Crippen LogP contribution in [0.15, 0.2) is 78.2 Å². The largest absolute Gasteiger partial charge is 0.497 e. The maximum atomic E-state index is 6.07. The van der Waals surface area contributed by atoms with Crippen molar-refractivity contribution in [2.45, 2.75) is 5.16 Å². The van der Waals surface area contributed by atoms with E-state index in [2.05, 4.69) is 15.2 Å². The standard InChI is InChI=1S/C22H19ClN4O2S/c1-28-19-6-8-20(9-7-19)29-14-15-30-22-26-25-21(16-10-12-24-13-11-16)27(22)18-4-2-17(23)3-5-18/h2-13H,14-15H2,1H3. The van der Waals surface area contributed by atoms with Gasteiger partial charge in [0.15, 0.2) is 11.0 Å². The second-order valence-electron chi connectivity index (χ2n) is 6.23. The normalized spacial score (nSPS) is 10.7. The van der Waals surface area contributed by atoms with Gasteiger partial charge < -0.3 is 9.47 Å². The van der Waals surface area contributed by atoms with Gasteiger partial charge in [0.25, 0.3) is 0 Å². The average molecular weight is 439 g/mol. The minimum atomic E-state index is 0.537. The lowest BCUT2D eigenvalue weighted by Crippen LogP contribution is -2.03. The molecule has 4 aromatic rings. The van der Waals surface area contributed by atoms with Crippen LogP contribution in [0.25, 0.3) is 17.1 Å². The number of pyridine rings is 1. The van der Waals surface area contributed by atoms with Gasteiger partial charge in [-0.25, -0.2) is 0 Å². The van der Waals surface area contributed by atoms with Crippen molar-refractivity contribution in [3.05, 3.63) is 78.1 Å². The third-order valence-corrected chi connectivity index (χ3v) is 5.44. The van der Waals surface area contributed by atoms with Crippen molar-refractivity contribution in [3.63, 3.8) is 0 Å². The molecule has 0 spiro atoms. The number of benzene rings is 2. The summed E-state index contributed by atoms with van der Waals surface area (Å²) in [7, 11) is 1.64. The molecule has 0 aliphatic carbocycles. The molecule has 0 aliphatic heterocycles. The van der Waals surface area contributed by atoms with Gasteiger partial charge in [-0.15, -0.1) is 10.2 Å². The zero-order chi connectivity index (χ0) is 20.8. The molecular weight excluding hydrogens is 420 g/mol. The fourth-order valence-electron chi connectivity index (χ4n) is 2.84. The Labute approximate surface area is 183 Å². The van der Waals surface area contributed by atoms with Crippen molar-refractivity contribution in [2.24, 2.45) is 0 Å². The lowest BCUT2D eigenvalue weighted by atomic mass is 10.2. The van der Waals surface area contributed by atoms with Crippen molar-refractivity contribution in [1.29, 1.82) is 0 Å². The second kappa shape index (κ2) is 9.65. The minimum absolute atomic E-state index is 0.537. The molecule has 0 bridgehead atoms. The first-order chi connectivity index (χ1) is 14.7. The number of hydrogen-bond acceptors (Lipinski definition) is 6. The van der Waals surface area contributed by atoms with E-state index in [0.717, 1.165) is 33.7 Å². The van der Waals surface area contributed by atoms with E-state index in [-0.39, 0.29) is 0 Å². The molecule has 4 rings (SSSR count). The van der Waals surface area contributed by atoms with E-state index in [1.807, 2.05) is 65.2 Å². The minimum Gasteiger partial charge on any atom is -0.497 e. The summed E-state index contributed by atoms with van der Waals surface area (Å²) in [5.74, 6) is 3.07. The predicted molar refractivity (Wildman–Crippen MR) is 119 cm³/mol. The molecule has 152 valence electrons. The Bertz CT molecular complexity index is 1090. The van der Waals surface area contributed by atoms with Crippen LogP contribution in [-0.2, 0) is 0 Å². The van der Waals surface area contributed by atoms with Gasteiger partial charge in [0.2, 0.25) is 0 Å². The highest BCUT2D eigenvalue weighted by Crippen LogP contribution is 2.28. The molecule has 2 aromatic heterocycles. The number of thioether (sulfide) groups is 1. The van der Waals surface area contributed by atoms with Crippen molar-refractivity contribution >= 4 is 23.4 Å². The van der Waals surface area contributed by atoms with Crippen molar-refractivity contribution in [1.82, 2.24) is 19.7 Å². The van der Waals surface area contributed by atoms with Crippen LogP contribution in [0.1, 0.15) is 0 Å². The number of halogens is 1. The molecule has 0 unspecified atom stereocenters. The Morgan fingerprint density at radius 1 is 0.900 bits per heavy atom. The van der Waals surface area contributed by atoms with Gasteiger partial charge in [0.1, 0.15) is 11.5 Å². The first-order valence-electron chi connectivity index (χ1n) is 9.26. The second-order valence-corrected chi connectivity index (χ2v) is 7.72. The summed E-state index contributed by atoms with van der Waals surface area (Å²) in [6.45, 7) is 0.537. The number of methoxy groups -OCH3 is 1. The summed E-state index contributed by atoms with van der Waals surface area (Å²) in [4.78, 5) is 4.09. The Morgan fingerprint density at radius 3 is 2.30 bits per heavy atom. The zero-order valence-corrected chi connectivity index (χ0v) is 17.8. The molecular formula is C22H19ClN4O2S. The van der Waals surface area contributed by atoms with Gasteiger partial charge in [-0.1, -0.05) is 23.4 Å². The Morgan fingerprint density at radius 2 is 1.60 bits per heavy atom. The van der Waals surface area contributed by atoms with Crippen LogP contribution in [0.3, 0.4) is 0 Å². The molecule has 0 N–H and O–H groups in total. The highest BCUT2D eigenvalue weighted by molar-refractivity contribution is 7.99. The van der Waals surface area contributed by atoms with Crippen molar-refractivity contribution < 1.29 is 9.47 Å². The van der Waals surface area contributed by atoms with E-state index in [0.29, 0.717) is 17.4 Å². The van der Waals surface area contributed by atoms with Gasteiger partial charge in [0, 0.05) is 34.4 Å². The maximum absolute atomic E-state index is 6.07. The van der Waals surface area contributed by atoms with E-state index in [1.165, 1.54) is 0 Å². The Hall–Kier alpha value is -3.03. The molecule has 0 saturated carbocycles. The molecule has 2 heterocycles. The fourth-order valence-corrected chi connectivity index (χ4v) is 3.73. The van der Waals surface area contributed by atoms with Gasteiger partial charge >= 0.3 is 0 Å². The highest BCUT2D eigenvalue weighted by atomic mass is 35.5. The first kappa shape index (κ1) is 20.3. The van der Waals surface area contributed by atoms with E-state index >= 15 is 0 Å². The average Bonchev–Trinajstić information content (AvgIpc) is 3.22. The summed E-state index contributed by atoms with van der Waals surface area (Å²) in [5, 5.41) is 10.3.